The zero-order valence-corrected chi connectivity index (χ0v) is 15.0. The number of benzene rings is 1. The number of nitrogens with zero attached hydrogens (tertiary/aromatic N) is 1. The lowest BCUT2D eigenvalue weighted by molar-refractivity contribution is -0.136. The second-order valence-electron chi connectivity index (χ2n) is 8.26. The fourth-order valence-corrected chi connectivity index (χ4v) is 5.59. The first-order chi connectivity index (χ1) is 12.7. The molecule has 1 aromatic rings. The van der Waals surface area contributed by atoms with Gasteiger partial charge in [0.2, 0.25) is 11.8 Å². The molecule has 1 saturated carbocycles. The van der Waals surface area contributed by atoms with Crippen molar-refractivity contribution in [3.63, 3.8) is 0 Å². The Morgan fingerprint density at radius 1 is 1.12 bits per heavy atom. The maximum atomic E-state index is 13.8. The van der Waals surface area contributed by atoms with Gasteiger partial charge in [-0.15, -0.1) is 0 Å². The summed E-state index contributed by atoms with van der Waals surface area (Å²) in [6.45, 7) is 1.47. The van der Waals surface area contributed by atoms with E-state index in [9.17, 15) is 9.59 Å². The normalized spacial score (nSPS) is 34.1. The van der Waals surface area contributed by atoms with Crippen molar-refractivity contribution in [2.45, 2.75) is 50.1 Å². The van der Waals surface area contributed by atoms with E-state index in [1.54, 1.807) is 0 Å². The van der Waals surface area contributed by atoms with Crippen LogP contribution in [0.2, 0.25) is 0 Å². The Bertz CT molecular complexity index is 745. The zero-order chi connectivity index (χ0) is 17.7. The van der Waals surface area contributed by atoms with Gasteiger partial charge in [-0.2, -0.15) is 0 Å². The Morgan fingerprint density at radius 2 is 1.92 bits per heavy atom. The van der Waals surface area contributed by atoms with Gasteiger partial charge >= 0.3 is 0 Å². The van der Waals surface area contributed by atoms with E-state index in [4.69, 9.17) is 0 Å². The third kappa shape index (κ3) is 2.25. The first kappa shape index (κ1) is 16.3. The van der Waals surface area contributed by atoms with Crippen LogP contribution in [-0.4, -0.2) is 31.1 Å². The summed E-state index contributed by atoms with van der Waals surface area (Å²) in [7, 11) is 0. The van der Waals surface area contributed by atoms with Gasteiger partial charge in [-0.25, -0.2) is 5.43 Å². The summed E-state index contributed by atoms with van der Waals surface area (Å²) >= 11 is 0. The van der Waals surface area contributed by atoms with E-state index in [0.29, 0.717) is 12.5 Å². The van der Waals surface area contributed by atoms with E-state index in [2.05, 4.69) is 28.3 Å². The maximum absolute atomic E-state index is 13.8. The largest absolute Gasteiger partial charge is 0.339 e. The van der Waals surface area contributed by atoms with Crippen molar-refractivity contribution in [1.29, 1.82) is 0 Å². The molecule has 1 aliphatic carbocycles. The number of rotatable bonds is 2. The number of piperidine rings is 1. The number of fused-ring (bicyclic) bond motifs is 4. The molecule has 3 heterocycles. The fourth-order valence-electron chi connectivity index (χ4n) is 5.59. The predicted molar refractivity (Wildman–Crippen MR) is 98.2 cm³/mol. The molecule has 6 heteroatoms. The number of anilines is 1. The number of carbonyl (C=O) groups is 2. The van der Waals surface area contributed by atoms with E-state index >= 15 is 0 Å². The van der Waals surface area contributed by atoms with Crippen LogP contribution < -0.4 is 21.1 Å². The highest BCUT2D eigenvalue weighted by atomic mass is 16.2. The molecular weight excluding hydrogens is 328 g/mol. The molecule has 26 heavy (non-hydrogen) atoms. The molecule has 6 nitrogen and oxygen atoms in total. The van der Waals surface area contributed by atoms with Crippen LogP contribution in [0.1, 0.15) is 44.1 Å². The summed E-state index contributed by atoms with van der Waals surface area (Å²) in [6.07, 6.45) is 6.30. The van der Waals surface area contributed by atoms with Crippen LogP contribution in [0.5, 0.6) is 0 Å². The third-order valence-electron chi connectivity index (χ3n) is 6.84. The topological polar surface area (TPSA) is 73.5 Å². The van der Waals surface area contributed by atoms with Crippen LogP contribution >= 0.6 is 0 Å². The predicted octanol–water partition coefficient (Wildman–Crippen LogP) is 1.42. The van der Waals surface area contributed by atoms with E-state index in [1.807, 2.05) is 17.0 Å². The second kappa shape index (κ2) is 6.06. The summed E-state index contributed by atoms with van der Waals surface area (Å²) in [6, 6.07) is 8.12. The van der Waals surface area contributed by atoms with Crippen LogP contribution in [0.15, 0.2) is 24.3 Å². The average molecular weight is 354 g/mol. The van der Waals surface area contributed by atoms with Crippen molar-refractivity contribution >= 4 is 17.5 Å². The molecule has 5 rings (SSSR count). The van der Waals surface area contributed by atoms with Crippen molar-refractivity contribution < 1.29 is 9.59 Å². The average Bonchev–Trinajstić information content (AvgIpc) is 3.21. The monoisotopic (exact) mass is 354 g/mol. The van der Waals surface area contributed by atoms with Crippen LogP contribution in [0.25, 0.3) is 0 Å². The molecule has 4 aliphatic rings. The van der Waals surface area contributed by atoms with Gasteiger partial charge in [0, 0.05) is 31.1 Å². The smallest absolute Gasteiger partial charge is 0.238 e. The Kier molecular flexibility index (Phi) is 3.79. The summed E-state index contributed by atoms with van der Waals surface area (Å²) in [5, 5.41) is 2.99. The van der Waals surface area contributed by atoms with Gasteiger partial charge in [0.15, 0.2) is 0 Å². The van der Waals surface area contributed by atoms with Gasteiger partial charge in [-0.05, 0) is 30.4 Å². The molecular formula is C20H26N4O2. The number of hydrazine groups is 1. The number of amides is 2. The summed E-state index contributed by atoms with van der Waals surface area (Å²) in [4.78, 5) is 28.3. The molecule has 0 radical (unpaired) electrons. The minimum Gasteiger partial charge on any atom is -0.339 e. The molecule has 3 unspecified atom stereocenters. The lowest BCUT2D eigenvalue weighted by Gasteiger charge is -2.41. The van der Waals surface area contributed by atoms with E-state index in [1.165, 1.54) is 32.1 Å². The van der Waals surface area contributed by atoms with Gasteiger partial charge in [-0.3, -0.25) is 15.0 Å². The molecule has 1 aromatic carbocycles. The Balaban J connectivity index is 1.56. The molecule has 3 aliphatic heterocycles. The van der Waals surface area contributed by atoms with Crippen molar-refractivity contribution in [3.05, 3.63) is 29.8 Å². The van der Waals surface area contributed by atoms with Gasteiger partial charge in [0.1, 0.15) is 0 Å². The van der Waals surface area contributed by atoms with Gasteiger partial charge in [-0.1, -0.05) is 37.5 Å². The minimum absolute atomic E-state index is 0.0326. The molecule has 1 spiro atoms. The molecule has 3 atom stereocenters. The number of hydrogen-bond donors (Lipinski definition) is 3. The van der Waals surface area contributed by atoms with Crippen LogP contribution in [0.4, 0.5) is 5.69 Å². The quantitative estimate of drug-likeness (QED) is 0.751. The maximum Gasteiger partial charge on any atom is 0.238 e. The molecule has 2 amide bonds. The van der Waals surface area contributed by atoms with Crippen molar-refractivity contribution in [2.24, 2.45) is 11.8 Å². The number of carbonyl (C=O) groups excluding carboxylic acids is 2. The van der Waals surface area contributed by atoms with Crippen molar-refractivity contribution in [1.82, 2.24) is 16.2 Å². The first-order valence-corrected chi connectivity index (χ1v) is 9.89. The number of nitrogens with one attached hydrogen (secondary N) is 3. The molecule has 0 bridgehead atoms. The SMILES string of the molecule is O=C1CC2(C(=O)N(CC3CCCCC3)c3ccccc32)C2CNNC2N1. The lowest BCUT2D eigenvalue weighted by atomic mass is 9.65. The third-order valence-corrected chi connectivity index (χ3v) is 6.84. The van der Waals surface area contributed by atoms with E-state index < -0.39 is 5.41 Å². The molecule has 138 valence electrons. The zero-order valence-electron chi connectivity index (χ0n) is 15.0. The first-order valence-electron chi connectivity index (χ1n) is 9.89. The minimum atomic E-state index is -0.741. The van der Waals surface area contributed by atoms with E-state index in [-0.39, 0.29) is 30.3 Å². The van der Waals surface area contributed by atoms with Crippen LogP contribution in [0, 0.1) is 11.8 Å². The van der Waals surface area contributed by atoms with Gasteiger partial charge in [0.05, 0.1) is 11.6 Å². The fraction of sp³-hybridized carbons (Fsp3) is 0.600. The second-order valence-corrected chi connectivity index (χ2v) is 8.26. The molecule has 0 aromatic heterocycles. The Labute approximate surface area is 153 Å². The van der Waals surface area contributed by atoms with Gasteiger partial charge in [0.25, 0.3) is 0 Å². The summed E-state index contributed by atoms with van der Waals surface area (Å²) < 4.78 is 0. The standard InChI is InChI=1S/C20H26N4O2/c25-17-10-20(15-11-21-23-18(15)22-17)14-8-4-5-9-16(14)24(19(20)26)12-13-6-2-1-3-7-13/h4-5,8-9,13,15,18,21,23H,1-3,6-7,10-12H2,(H,22,25). The van der Waals surface area contributed by atoms with Crippen molar-refractivity contribution in [2.75, 3.05) is 18.0 Å². The molecule has 3 N–H and O–H groups in total. The highest BCUT2D eigenvalue weighted by Gasteiger charge is 2.61. The highest BCUT2D eigenvalue weighted by Crippen LogP contribution is 2.51. The number of hydrogen-bond acceptors (Lipinski definition) is 4. The summed E-state index contributed by atoms with van der Waals surface area (Å²) in [5.74, 6) is 0.680. The molecule has 3 fully saturated rings. The van der Waals surface area contributed by atoms with Crippen LogP contribution in [-0.2, 0) is 15.0 Å². The number of para-hydroxylation sites is 1. The van der Waals surface area contributed by atoms with Crippen molar-refractivity contribution in [3.8, 4) is 0 Å². The molecule has 2 saturated heterocycles. The van der Waals surface area contributed by atoms with Crippen LogP contribution in [0.3, 0.4) is 0 Å². The Hall–Kier alpha value is -1.92. The summed E-state index contributed by atoms with van der Waals surface area (Å²) in [5.41, 5.74) is 7.60. The van der Waals surface area contributed by atoms with Gasteiger partial charge < -0.3 is 10.2 Å². The van der Waals surface area contributed by atoms with E-state index in [0.717, 1.165) is 17.8 Å². The Morgan fingerprint density at radius 3 is 2.77 bits per heavy atom. The lowest BCUT2D eigenvalue weighted by Crippen LogP contribution is -2.62. The highest BCUT2D eigenvalue weighted by molar-refractivity contribution is 6.11.